The molecule has 4 heteroatoms. The van der Waals surface area contributed by atoms with Crippen molar-refractivity contribution in [3.8, 4) is 0 Å². The molecule has 1 saturated heterocycles. The highest BCUT2D eigenvalue weighted by atomic mass is 16.5. The van der Waals surface area contributed by atoms with Crippen LogP contribution in [0.1, 0.15) is 26.7 Å². The lowest BCUT2D eigenvalue weighted by atomic mass is 10.0. The lowest BCUT2D eigenvalue weighted by Gasteiger charge is -2.23. The predicted octanol–water partition coefficient (Wildman–Crippen LogP) is 0.0525. The van der Waals surface area contributed by atoms with E-state index in [0.29, 0.717) is 6.54 Å². The average molecular weight is 187 g/mol. The molecule has 1 unspecified atom stereocenters. The monoisotopic (exact) mass is 187 g/mol. The molecule has 1 amide bonds. The van der Waals surface area contributed by atoms with Crippen LogP contribution in [0.15, 0.2) is 0 Å². The van der Waals surface area contributed by atoms with Crippen LogP contribution in [0.25, 0.3) is 0 Å². The first kappa shape index (κ1) is 10.5. The zero-order valence-electron chi connectivity index (χ0n) is 8.17. The topological polar surface area (TPSA) is 58.6 Å². The van der Waals surface area contributed by atoms with E-state index in [-0.39, 0.29) is 11.5 Å². The van der Waals surface area contributed by atoms with E-state index in [1.807, 2.05) is 6.92 Å². The van der Waals surface area contributed by atoms with Crippen molar-refractivity contribution in [1.82, 2.24) is 5.32 Å². The molecule has 1 rings (SSSR count). The van der Waals surface area contributed by atoms with Gasteiger partial charge in [-0.3, -0.25) is 4.79 Å². The summed E-state index contributed by atoms with van der Waals surface area (Å²) >= 11 is 0. The van der Waals surface area contributed by atoms with E-state index >= 15 is 0 Å². The molecule has 0 aromatic heterocycles. The van der Waals surface area contributed by atoms with Crippen LogP contribution in [-0.4, -0.2) is 35.9 Å². The van der Waals surface area contributed by atoms with E-state index in [4.69, 9.17) is 9.84 Å². The molecule has 1 aliphatic heterocycles. The fourth-order valence-electron chi connectivity index (χ4n) is 1.40. The Hall–Kier alpha value is -0.610. The van der Waals surface area contributed by atoms with Gasteiger partial charge in [-0.15, -0.1) is 0 Å². The second-order valence-electron chi connectivity index (χ2n) is 3.80. The van der Waals surface area contributed by atoms with Gasteiger partial charge in [0.05, 0.1) is 5.60 Å². The molecule has 0 aliphatic carbocycles. The number of ether oxygens (including phenoxy) is 1. The van der Waals surface area contributed by atoms with Gasteiger partial charge < -0.3 is 15.2 Å². The largest absolute Gasteiger partial charge is 0.384 e. The number of rotatable bonds is 3. The standard InChI is InChI=1S/C9H17NO3/c1-7(11)8(12)10-6-9(2)4-3-5-13-9/h7,11H,3-6H2,1-2H3,(H,10,12)/t7-,9?/m1/s1. The summed E-state index contributed by atoms with van der Waals surface area (Å²) in [5.41, 5.74) is -0.232. The smallest absolute Gasteiger partial charge is 0.248 e. The molecule has 76 valence electrons. The van der Waals surface area contributed by atoms with Crippen molar-refractivity contribution < 1.29 is 14.6 Å². The number of aliphatic hydroxyl groups excluding tert-OH is 1. The number of carbonyl (C=O) groups is 1. The van der Waals surface area contributed by atoms with Gasteiger partial charge in [0.1, 0.15) is 6.10 Å². The van der Waals surface area contributed by atoms with E-state index in [1.165, 1.54) is 6.92 Å². The molecule has 2 N–H and O–H groups in total. The summed E-state index contributed by atoms with van der Waals surface area (Å²) in [5.74, 6) is -0.336. The average Bonchev–Trinajstić information content (AvgIpc) is 2.48. The maximum atomic E-state index is 11.0. The van der Waals surface area contributed by atoms with Crippen molar-refractivity contribution in [2.45, 2.75) is 38.4 Å². The SMILES string of the molecule is C[C@@H](O)C(=O)NCC1(C)CCCO1. The Labute approximate surface area is 78.3 Å². The maximum absolute atomic E-state index is 11.0. The Morgan fingerprint density at radius 1 is 1.77 bits per heavy atom. The molecule has 0 radical (unpaired) electrons. The highest BCUT2D eigenvalue weighted by Gasteiger charge is 2.30. The Bertz CT molecular complexity index is 185. The number of aliphatic hydroxyl groups is 1. The number of carbonyl (C=O) groups excluding carboxylic acids is 1. The zero-order chi connectivity index (χ0) is 9.90. The quantitative estimate of drug-likeness (QED) is 0.656. The van der Waals surface area contributed by atoms with Gasteiger partial charge in [-0.05, 0) is 26.7 Å². The summed E-state index contributed by atoms with van der Waals surface area (Å²) < 4.78 is 5.47. The molecule has 0 bridgehead atoms. The molecule has 0 saturated carbocycles. The summed E-state index contributed by atoms with van der Waals surface area (Å²) in [4.78, 5) is 11.0. The summed E-state index contributed by atoms with van der Waals surface area (Å²) in [6.45, 7) is 4.67. The molecule has 13 heavy (non-hydrogen) atoms. The highest BCUT2D eigenvalue weighted by Crippen LogP contribution is 2.23. The van der Waals surface area contributed by atoms with Crippen molar-refractivity contribution in [3.63, 3.8) is 0 Å². The minimum atomic E-state index is -0.940. The zero-order valence-corrected chi connectivity index (χ0v) is 8.17. The number of nitrogens with one attached hydrogen (secondary N) is 1. The third kappa shape index (κ3) is 2.97. The molecular weight excluding hydrogens is 170 g/mol. The van der Waals surface area contributed by atoms with E-state index in [1.54, 1.807) is 0 Å². The number of hydrogen-bond donors (Lipinski definition) is 2. The highest BCUT2D eigenvalue weighted by molar-refractivity contribution is 5.80. The van der Waals surface area contributed by atoms with Crippen molar-refractivity contribution in [2.24, 2.45) is 0 Å². The summed E-state index contributed by atoms with van der Waals surface area (Å²) in [7, 11) is 0. The first-order valence-corrected chi connectivity index (χ1v) is 4.63. The van der Waals surface area contributed by atoms with Crippen LogP contribution in [0.2, 0.25) is 0 Å². The van der Waals surface area contributed by atoms with Gasteiger partial charge in [0.2, 0.25) is 5.91 Å². The molecule has 0 spiro atoms. The lowest BCUT2D eigenvalue weighted by Crippen LogP contribution is -2.43. The van der Waals surface area contributed by atoms with Gasteiger partial charge in [0.15, 0.2) is 0 Å². The molecule has 0 aromatic carbocycles. The van der Waals surface area contributed by atoms with Crippen molar-refractivity contribution in [2.75, 3.05) is 13.2 Å². The summed E-state index contributed by atoms with van der Waals surface area (Å²) in [6, 6.07) is 0. The van der Waals surface area contributed by atoms with Crippen molar-refractivity contribution in [1.29, 1.82) is 0 Å². The van der Waals surface area contributed by atoms with Gasteiger partial charge in [-0.25, -0.2) is 0 Å². The van der Waals surface area contributed by atoms with E-state index in [2.05, 4.69) is 5.32 Å². The molecule has 0 aromatic rings. The predicted molar refractivity (Wildman–Crippen MR) is 48.3 cm³/mol. The van der Waals surface area contributed by atoms with Crippen LogP contribution in [-0.2, 0) is 9.53 Å². The van der Waals surface area contributed by atoms with Gasteiger partial charge in [-0.2, -0.15) is 0 Å². The van der Waals surface area contributed by atoms with Gasteiger partial charge in [-0.1, -0.05) is 0 Å². The van der Waals surface area contributed by atoms with E-state index in [9.17, 15) is 4.79 Å². The van der Waals surface area contributed by atoms with E-state index < -0.39 is 6.10 Å². The fourth-order valence-corrected chi connectivity index (χ4v) is 1.40. The molecule has 1 aliphatic rings. The third-order valence-electron chi connectivity index (χ3n) is 2.32. The van der Waals surface area contributed by atoms with E-state index in [0.717, 1.165) is 19.4 Å². The van der Waals surface area contributed by atoms with Crippen molar-refractivity contribution >= 4 is 5.91 Å². The Morgan fingerprint density at radius 2 is 2.46 bits per heavy atom. The Morgan fingerprint density at radius 3 is 2.92 bits per heavy atom. The third-order valence-corrected chi connectivity index (χ3v) is 2.32. The Kier molecular flexibility index (Phi) is 3.27. The van der Waals surface area contributed by atoms with Gasteiger partial charge in [0.25, 0.3) is 0 Å². The lowest BCUT2D eigenvalue weighted by molar-refractivity contribution is -0.129. The molecule has 1 heterocycles. The minimum Gasteiger partial charge on any atom is -0.384 e. The van der Waals surface area contributed by atoms with Gasteiger partial charge >= 0.3 is 0 Å². The first-order chi connectivity index (χ1) is 6.03. The summed E-state index contributed by atoms with van der Waals surface area (Å²) in [6.07, 6.45) is 1.07. The molecule has 4 nitrogen and oxygen atoms in total. The van der Waals surface area contributed by atoms with Crippen LogP contribution in [0, 0.1) is 0 Å². The fraction of sp³-hybridized carbons (Fsp3) is 0.889. The van der Waals surface area contributed by atoms with Crippen molar-refractivity contribution in [3.05, 3.63) is 0 Å². The van der Waals surface area contributed by atoms with Crippen LogP contribution in [0.4, 0.5) is 0 Å². The summed E-state index contributed by atoms with van der Waals surface area (Å²) in [5, 5.41) is 11.6. The van der Waals surface area contributed by atoms with Crippen LogP contribution in [0.5, 0.6) is 0 Å². The second-order valence-corrected chi connectivity index (χ2v) is 3.80. The number of amides is 1. The number of hydrogen-bond acceptors (Lipinski definition) is 3. The Balaban J connectivity index is 2.29. The first-order valence-electron chi connectivity index (χ1n) is 4.63. The molecular formula is C9H17NO3. The van der Waals surface area contributed by atoms with Crippen LogP contribution >= 0.6 is 0 Å². The molecule has 1 fully saturated rings. The molecule has 2 atom stereocenters. The minimum absolute atomic E-state index is 0.232. The normalized spacial score (nSPS) is 30.1. The maximum Gasteiger partial charge on any atom is 0.248 e. The van der Waals surface area contributed by atoms with Crippen LogP contribution in [0.3, 0.4) is 0 Å². The second kappa shape index (κ2) is 4.07. The van der Waals surface area contributed by atoms with Gasteiger partial charge in [0, 0.05) is 13.2 Å². The van der Waals surface area contributed by atoms with Crippen LogP contribution < -0.4 is 5.32 Å².